The van der Waals surface area contributed by atoms with E-state index in [-0.39, 0.29) is 23.8 Å². The van der Waals surface area contributed by atoms with E-state index in [1.807, 2.05) is 26.0 Å². The molecule has 0 bridgehead atoms. The van der Waals surface area contributed by atoms with Crippen LogP contribution in [0.3, 0.4) is 0 Å². The van der Waals surface area contributed by atoms with E-state index in [2.05, 4.69) is 5.10 Å². The Kier molecular flexibility index (Phi) is 7.04. The quantitative estimate of drug-likeness (QED) is 0.205. The highest BCUT2D eigenvalue weighted by Crippen LogP contribution is 2.30. The molecule has 0 amide bonds. The third-order valence-electron chi connectivity index (χ3n) is 4.96. The van der Waals surface area contributed by atoms with Crippen LogP contribution in [-0.2, 0) is 13.2 Å². The molecule has 0 unspecified atom stereocenters. The van der Waals surface area contributed by atoms with Gasteiger partial charge in [0.1, 0.15) is 12.4 Å². The number of benzene rings is 2. The van der Waals surface area contributed by atoms with Gasteiger partial charge >= 0.3 is 5.69 Å². The normalized spacial score (nSPS) is 11.0. The molecule has 8 nitrogen and oxygen atoms in total. The fraction of sp³-hybridized carbons (Fsp3) is 0.250. The van der Waals surface area contributed by atoms with E-state index < -0.39 is 4.92 Å². The number of allylic oxidation sites excluding steroid dienone is 1. The van der Waals surface area contributed by atoms with Crippen LogP contribution in [0.4, 0.5) is 5.69 Å². The lowest BCUT2D eigenvalue weighted by Gasteiger charge is -2.12. The second-order valence-corrected chi connectivity index (χ2v) is 7.27. The molecular formula is C24H25N3O5. The van der Waals surface area contributed by atoms with Crippen molar-refractivity contribution < 1.29 is 19.2 Å². The zero-order chi connectivity index (χ0) is 23.3. The molecular weight excluding hydrogens is 410 g/mol. The molecule has 0 saturated carbocycles. The van der Waals surface area contributed by atoms with Gasteiger partial charge in [0.25, 0.3) is 0 Å². The fourth-order valence-corrected chi connectivity index (χ4v) is 3.24. The molecule has 2 aromatic carbocycles. The lowest BCUT2D eigenvalue weighted by molar-refractivity contribution is -0.386. The van der Waals surface area contributed by atoms with Crippen molar-refractivity contribution in [2.24, 2.45) is 0 Å². The number of ketones is 1. The van der Waals surface area contributed by atoms with E-state index in [1.165, 1.54) is 12.1 Å². The van der Waals surface area contributed by atoms with Gasteiger partial charge in [-0.1, -0.05) is 18.2 Å². The van der Waals surface area contributed by atoms with E-state index in [4.69, 9.17) is 9.47 Å². The maximum absolute atomic E-state index is 12.6. The van der Waals surface area contributed by atoms with Crippen LogP contribution >= 0.6 is 0 Å². The summed E-state index contributed by atoms with van der Waals surface area (Å²) in [6.07, 6.45) is 4.95. The molecule has 0 aliphatic heterocycles. The van der Waals surface area contributed by atoms with Crippen molar-refractivity contribution in [2.45, 2.75) is 33.9 Å². The van der Waals surface area contributed by atoms with Crippen molar-refractivity contribution in [3.05, 3.63) is 86.7 Å². The van der Waals surface area contributed by atoms with Gasteiger partial charge < -0.3 is 9.47 Å². The summed E-state index contributed by atoms with van der Waals surface area (Å²) in [6.45, 7) is 6.37. The molecule has 0 aliphatic carbocycles. The first-order chi connectivity index (χ1) is 15.3. The Morgan fingerprint density at radius 2 is 1.97 bits per heavy atom. The van der Waals surface area contributed by atoms with E-state index >= 15 is 0 Å². The number of hydrogen-bond acceptors (Lipinski definition) is 6. The monoisotopic (exact) mass is 435 g/mol. The molecule has 1 heterocycles. The Labute approximate surface area is 186 Å². The summed E-state index contributed by atoms with van der Waals surface area (Å²) in [5, 5.41) is 15.6. The van der Waals surface area contributed by atoms with Crippen LogP contribution in [0.5, 0.6) is 11.5 Å². The summed E-state index contributed by atoms with van der Waals surface area (Å²) >= 11 is 0. The molecule has 0 spiro atoms. The minimum absolute atomic E-state index is 0.0749. The van der Waals surface area contributed by atoms with Crippen LogP contribution in [0.25, 0.3) is 6.08 Å². The van der Waals surface area contributed by atoms with Crippen LogP contribution in [0, 0.1) is 24.0 Å². The van der Waals surface area contributed by atoms with Crippen molar-refractivity contribution in [3.63, 3.8) is 0 Å². The van der Waals surface area contributed by atoms with Crippen LogP contribution in [0.2, 0.25) is 0 Å². The number of nitrogens with zero attached hydrogens (tertiary/aromatic N) is 3. The first-order valence-electron chi connectivity index (χ1n) is 10.1. The largest absolute Gasteiger partial charge is 0.496 e. The molecule has 166 valence electrons. The number of hydrogen-bond donors (Lipinski definition) is 0. The highest BCUT2D eigenvalue weighted by Gasteiger charge is 2.16. The van der Waals surface area contributed by atoms with Gasteiger partial charge in [0.15, 0.2) is 11.5 Å². The summed E-state index contributed by atoms with van der Waals surface area (Å²) in [5.74, 6) is 0.645. The molecule has 3 aromatic rings. The zero-order valence-corrected chi connectivity index (χ0v) is 18.5. The zero-order valence-electron chi connectivity index (χ0n) is 18.5. The number of rotatable bonds is 9. The van der Waals surface area contributed by atoms with Crippen molar-refractivity contribution >= 4 is 17.5 Å². The van der Waals surface area contributed by atoms with E-state index in [9.17, 15) is 14.9 Å². The number of methoxy groups -OCH3 is 1. The highest BCUT2D eigenvalue weighted by atomic mass is 16.6. The van der Waals surface area contributed by atoms with Crippen LogP contribution in [-0.4, -0.2) is 27.6 Å². The Balaban J connectivity index is 1.81. The Morgan fingerprint density at radius 1 is 1.19 bits per heavy atom. The van der Waals surface area contributed by atoms with Gasteiger partial charge in [0, 0.05) is 24.4 Å². The Morgan fingerprint density at radius 3 is 2.62 bits per heavy atom. The smallest absolute Gasteiger partial charge is 0.310 e. The van der Waals surface area contributed by atoms with Crippen molar-refractivity contribution in [3.8, 4) is 11.5 Å². The lowest BCUT2D eigenvalue weighted by Crippen LogP contribution is -2.02. The number of carbonyl (C=O) groups is 1. The Bertz CT molecular complexity index is 1180. The molecule has 32 heavy (non-hydrogen) atoms. The van der Waals surface area contributed by atoms with Gasteiger partial charge in [-0.15, -0.1) is 0 Å². The predicted molar refractivity (Wildman–Crippen MR) is 121 cm³/mol. The second kappa shape index (κ2) is 9.91. The van der Waals surface area contributed by atoms with Crippen LogP contribution in [0.15, 0.2) is 48.7 Å². The Hall–Kier alpha value is -3.94. The van der Waals surface area contributed by atoms with Gasteiger partial charge in [-0.3, -0.25) is 19.6 Å². The molecule has 0 radical (unpaired) electrons. The van der Waals surface area contributed by atoms with Crippen molar-refractivity contribution in [1.82, 2.24) is 9.78 Å². The number of ether oxygens (including phenoxy) is 2. The number of nitro benzene ring substituents is 1. The third-order valence-corrected chi connectivity index (χ3v) is 4.96. The average molecular weight is 435 g/mol. The highest BCUT2D eigenvalue weighted by molar-refractivity contribution is 6.07. The summed E-state index contributed by atoms with van der Waals surface area (Å²) in [4.78, 5) is 23.4. The van der Waals surface area contributed by atoms with Gasteiger partial charge in [-0.2, -0.15) is 5.10 Å². The third kappa shape index (κ3) is 5.21. The fourth-order valence-electron chi connectivity index (χ4n) is 3.24. The number of nitro groups is 1. The second-order valence-electron chi connectivity index (χ2n) is 7.27. The summed E-state index contributed by atoms with van der Waals surface area (Å²) in [6, 6.07) is 10.1. The molecule has 3 rings (SSSR count). The van der Waals surface area contributed by atoms with E-state index in [0.29, 0.717) is 29.1 Å². The van der Waals surface area contributed by atoms with Crippen molar-refractivity contribution in [2.75, 3.05) is 7.11 Å². The van der Waals surface area contributed by atoms with Gasteiger partial charge in [-0.25, -0.2) is 0 Å². The van der Waals surface area contributed by atoms with Gasteiger partial charge in [0.05, 0.1) is 23.3 Å². The van der Waals surface area contributed by atoms with Gasteiger partial charge in [-0.05, 0) is 56.2 Å². The standard InChI is InChI=1S/C24H25N3O5/c1-5-26-14-20(17(3)25-26)22(28)10-7-18-8-11-23(31-4)19(13-18)15-32-24-12-16(2)6-9-21(24)27(29)30/h6-14H,5,15H2,1-4H3/b10-7+. The minimum atomic E-state index is -0.473. The predicted octanol–water partition coefficient (Wildman–Crippen LogP) is 4.91. The first-order valence-corrected chi connectivity index (χ1v) is 10.1. The summed E-state index contributed by atoms with van der Waals surface area (Å²) in [5.41, 5.74) is 3.48. The molecule has 0 fully saturated rings. The van der Waals surface area contributed by atoms with Crippen LogP contribution < -0.4 is 9.47 Å². The number of aryl methyl sites for hydroxylation is 3. The molecule has 0 N–H and O–H groups in total. The maximum atomic E-state index is 12.6. The molecule has 0 atom stereocenters. The van der Waals surface area contributed by atoms with Gasteiger partial charge in [0.2, 0.25) is 0 Å². The topological polar surface area (TPSA) is 96.5 Å². The summed E-state index contributed by atoms with van der Waals surface area (Å²) < 4.78 is 12.9. The molecule has 0 saturated heterocycles. The van der Waals surface area contributed by atoms with Crippen molar-refractivity contribution in [1.29, 1.82) is 0 Å². The number of carbonyl (C=O) groups excluding carboxylic acids is 1. The van der Waals surface area contributed by atoms with E-state index in [0.717, 1.165) is 11.1 Å². The molecule has 0 aliphatic rings. The van der Waals surface area contributed by atoms with E-state index in [1.54, 1.807) is 49.2 Å². The lowest BCUT2D eigenvalue weighted by atomic mass is 10.1. The minimum Gasteiger partial charge on any atom is -0.496 e. The maximum Gasteiger partial charge on any atom is 0.310 e. The average Bonchev–Trinajstić information content (AvgIpc) is 3.16. The summed E-state index contributed by atoms with van der Waals surface area (Å²) in [7, 11) is 1.54. The molecule has 1 aromatic heterocycles. The van der Waals surface area contributed by atoms with Crippen LogP contribution in [0.1, 0.15) is 39.7 Å². The molecule has 8 heteroatoms. The number of aromatic nitrogens is 2. The first kappa shape index (κ1) is 22.7. The SMILES string of the molecule is CCn1cc(C(=O)/C=C/c2ccc(OC)c(COc3cc(C)ccc3[N+](=O)[O-])c2)c(C)n1.